The smallest absolute Gasteiger partial charge is 0.323 e. The first kappa shape index (κ1) is 23.3. The summed E-state index contributed by atoms with van der Waals surface area (Å²) in [6.07, 6.45) is 10.2. The van der Waals surface area contributed by atoms with E-state index in [9.17, 15) is 15.0 Å². The average Bonchev–Trinajstić information content (AvgIpc) is 3.24. The van der Waals surface area contributed by atoms with Crippen LogP contribution >= 0.6 is 0 Å². The van der Waals surface area contributed by atoms with Gasteiger partial charge in [0.05, 0.1) is 18.8 Å². The first-order valence-electron chi connectivity index (χ1n) is 11.9. The number of rotatable bonds is 8. The largest absolute Gasteiger partial charge is 0.465 e. The highest BCUT2D eigenvalue weighted by molar-refractivity contribution is 5.76. The molecule has 0 amide bonds. The summed E-state index contributed by atoms with van der Waals surface area (Å²) in [7, 11) is 0. The van der Waals surface area contributed by atoms with E-state index >= 15 is 0 Å². The van der Waals surface area contributed by atoms with Crippen LogP contribution in [0.15, 0.2) is 12.2 Å². The van der Waals surface area contributed by atoms with Crippen LogP contribution in [0.3, 0.4) is 0 Å². The molecule has 0 bridgehead atoms. The van der Waals surface area contributed by atoms with E-state index in [1.807, 2.05) is 26.0 Å². The van der Waals surface area contributed by atoms with E-state index in [2.05, 4.69) is 23.7 Å². The molecule has 168 valence electrons. The molecular weight excluding hydrogens is 378 g/mol. The van der Waals surface area contributed by atoms with Crippen LogP contribution in [0, 0.1) is 29.6 Å². The number of carbonyl (C=O) groups is 1. The molecular formula is C25H39NO4. The van der Waals surface area contributed by atoms with Gasteiger partial charge in [-0.25, -0.2) is 0 Å². The van der Waals surface area contributed by atoms with Gasteiger partial charge in [-0.05, 0) is 57.3 Å². The zero-order chi connectivity index (χ0) is 21.7. The fourth-order valence-electron chi connectivity index (χ4n) is 5.67. The van der Waals surface area contributed by atoms with E-state index in [1.54, 1.807) is 0 Å². The maximum Gasteiger partial charge on any atom is 0.323 e. The standard InChI is InChI=1S/C25H39NO4/c1-4-6-9-17(3)23(27)13-12-19-20-15-18-10-8-11-21(25(29)30-14-7-5-2)26(18)22(20)16-24(19)28/h12-13,17-24,27-28H,5,7-11,14-16H2,1-3H3/t17?,18?,19-,20-,21?,22?,23-,24-/m1/s1. The maximum absolute atomic E-state index is 12.8. The predicted octanol–water partition coefficient (Wildman–Crippen LogP) is 3.29. The third-order valence-electron chi connectivity index (χ3n) is 7.37. The van der Waals surface area contributed by atoms with Crippen molar-refractivity contribution in [1.29, 1.82) is 0 Å². The van der Waals surface area contributed by atoms with Crippen LogP contribution < -0.4 is 0 Å². The highest BCUT2D eigenvalue weighted by Crippen LogP contribution is 2.49. The number of hydrogen-bond donors (Lipinski definition) is 2. The van der Waals surface area contributed by atoms with Gasteiger partial charge in [0.1, 0.15) is 6.04 Å². The Hall–Kier alpha value is -1.35. The van der Waals surface area contributed by atoms with Crippen LogP contribution in [-0.4, -0.2) is 58.0 Å². The molecule has 5 nitrogen and oxygen atoms in total. The van der Waals surface area contributed by atoms with Crippen LogP contribution in [0.25, 0.3) is 0 Å². The summed E-state index contributed by atoms with van der Waals surface area (Å²) < 4.78 is 5.57. The summed E-state index contributed by atoms with van der Waals surface area (Å²) in [6.45, 7) is 6.41. The number of nitrogens with zero attached hydrogens (tertiary/aromatic N) is 1. The first-order valence-corrected chi connectivity index (χ1v) is 11.9. The van der Waals surface area contributed by atoms with Crippen molar-refractivity contribution in [3.05, 3.63) is 12.2 Å². The molecule has 3 rings (SSSR count). The summed E-state index contributed by atoms with van der Waals surface area (Å²) in [6, 6.07) is 0.470. The normalized spacial score (nSPS) is 35.4. The lowest BCUT2D eigenvalue weighted by atomic mass is 9.88. The lowest BCUT2D eigenvalue weighted by molar-refractivity contribution is -0.153. The second-order valence-corrected chi connectivity index (χ2v) is 9.40. The molecule has 1 saturated carbocycles. The molecule has 0 aromatic rings. The minimum absolute atomic E-state index is 0.0384. The highest BCUT2D eigenvalue weighted by atomic mass is 16.5. The molecule has 1 aliphatic carbocycles. The number of fused-ring (bicyclic) bond motifs is 3. The van der Waals surface area contributed by atoms with Crippen molar-refractivity contribution in [2.75, 3.05) is 6.61 Å². The Labute approximate surface area is 181 Å². The molecule has 30 heavy (non-hydrogen) atoms. The quantitative estimate of drug-likeness (QED) is 0.274. The van der Waals surface area contributed by atoms with Gasteiger partial charge in [-0.1, -0.05) is 32.4 Å². The molecule has 2 saturated heterocycles. The van der Waals surface area contributed by atoms with Crippen molar-refractivity contribution >= 4 is 5.97 Å². The first-order chi connectivity index (χ1) is 14.5. The molecule has 0 spiro atoms. The van der Waals surface area contributed by atoms with E-state index in [-0.39, 0.29) is 29.9 Å². The predicted molar refractivity (Wildman–Crippen MR) is 118 cm³/mol. The minimum Gasteiger partial charge on any atom is -0.465 e. The number of piperidine rings is 1. The van der Waals surface area contributed by atoms with Gasteiger partial charge in [0, 0.05) is 24.4 Å². The molecule has 2 aliphatic heterocycles. The van der Waals surface area contributed by atoms with E-state index in [0.29, 0.717) is 31.4 Å². The molecule has 4 unspecified atom stereocenters. The van der Waals surface area contributed by atoms with Gasteiger partial charge in [0.2, 0.25) is 0 Å². The fourth-order valence-corrected chi connectivity index (χ4v) is 5.67. The Morgan fingerprint density at radius 1 is 1.33 bits per heavy atom. The molecule has 5 heteroatoms. The highest BCUT2D eigenvalue weighted by Gasteiger charge is 2.55. The molecule has 8 atom stereocenters. The van der Waals surface area contributed by atoms with Gasteiger partial charge >= 0.3 is 5.97 Å². The van der Waals surface area contributed by atoms with Crippen molar-refractivity contribution in [2.24, 2.45) is 17.8 Å². The van der Waals surface area contributed by atoms with Crippen LogP contribution in [0.2, 0.25) is 0 Å². The Balaban J connectivity index is 1.66. The zero-order valence-corrected chi connectivity index (χ0v) is 18.8. The topological polar surface area (TPSA) is 70.0 Å². The number of unbranched alkanes of at least 4 members (excludes halogenated alkanes) is 1. The van der Waals surface area contributed by atoms with Gasteiger partial charge in [-0.2, -0.15) is 0 Å². The van der Waals surface area contributed by atoms with E-state index in [0.717, 1.165) is 38.5 Å². The molecule has 0 radical (unpaired) electrons. The maximum atomic E-state index is 12.8. The van der Waals surface area contributed by atoms with Gasteiger partial charge in [0.25, 0.3) is 0 Å². The zero-order valence-electron chi connectivity index (χ0n) is 18.8. The van der Waals surface area contributed by atoms with Crippen molar-refractivity contribution in [2.45, 2.75) is 102 Å². The number of ether oxygens (including phenoxy) is 1. The third-order valence-corrected chi connectivity index (χ3v) is 7.37. The average molecular weight is 418 g/mol. The molecule has 0 aromatic carbocycles. The summed E-state index contributed by atoms with van der Waals surface area (Å²) in [5.74, 6) is 6.27. The van der Waals surface area contributed by atoms with Gasteiger partial charge in [-0.15, -0.1) is 11.8 Å². The number of esters is 1. The molecule has 3 aliphatic rings. The lowest BCUT2D eigenvalue weighted by Crippen LogP contribution is -2.51. The third kappa shape index (κ3) is 5.10. The summed E-state index contributed by atoms with van der Waals surface area (Å²) in [5, 5.41) is 21.2. The Morgan fingerprint density at radius 2 is 2.13 bits per heavy atom. The number of aliphatic hydroxyl groups is 2. The van der Waals surface area contributed by atoms with Crippen molar-refractivity contribution < 1.29 is 19.7 Å². The monoisotopic (exact) mass is 417 g/mol. The van der Waals surface area contributed by atoms with Gasteiger partial charge in [-0.3, -0.25) is 9.69 Å². The van der Waals surface area contributed by atoms with Gasteiger partial charge in [0.15, 0.2) is 0 Å². The molecule has 0 aromatic heterocycles. The lowest BCUT2D eigenvalue weighted by Gasteiger charge is -2.39. The van der Waals surface area contributed by atoms with E-state index < -0.39 is 12.2 Å². The van der Waals surface area contributed by atoms with Crippen molar-refractivity contribution in [3.63, 3.8) is 0 Å². The SMILES string of the molecule is CC#CCC(C)[C@H](O)C=C[C@H]1[C@H](O)CC2[C@@H]1CC1CCCC(C(=O)OCCCC)N12. The molecule has 2 N–H and O–H groups in total. The summed E-state index contributed by atoms with van der Waals surface area (Å²) >= 11 is 0. The Morgan fingerprint density at radius 3 is 2.87 bits per heavy atom. The Kier molecular flexibility index (Phi) is 8.39. The van der Waals surface area contributed by atoms with Crippen LogP contribution in [0.1, 0.15) is 72.1 Å². The summed E-state index contributed by atoms with van der Waals surface area (Å²) in [4.78, 5) is 15.1. The van der Waals surface area contributed by atoms with Crippen LogP contribution in [-0.2, 0) is 9.53 Å². The second kappa shape index (κ2) is 10.8. The number of aliphatic hydroxyl groups excluding tert-OH is 2. The van der Waals surface area contributed by atoms with Gasteiger partial charge < -0.3 is 14.9 Å². The fraction of sp³-hybridized carbons (Fsp3) is 0.800. The van der Waals surface area contributed by atoms with Crippen LogP contribution in [0.5, 0.6) is 0 Å². The van der Waals surface area contributed by atoms with Crippen molar-refractivity contribution in [3.8, 4) is 11.8 Å². The number of hydrogen-bond acceptors (Lipinski definition) is 5. The number of carbonyl (C=O) groups excluding carboxylic acids is 1. The molecule has 3 fully saturated rings. The van der Waals surface area contributed by atoms with Crippen LogP contribution in [0.4, 0.5) is 0 Å². The summed E-state index contributed by atoms with van der Waals surface area (Å²) in [5.41, 5.74) is 0. The van der Waals surface area contributed by atoms with E-state index in [1.165, 1.54) is 0 Å². The minimum atomic E-state index is -0.553. The molecule has 2 heterocycles. The van der Waals surface area contributed by atoms with Crippen molar-refractivity contribution in [1.82, 2.24) is 4.90 Å². The Bertz CT molecular complexity index is 666. The van der Waals surface area contributed by atoms with E-state index in [4.69, 9.17) is 4.74 Å². The second-order valence-electron chi connectivity index (χ2n) is 9.40.